The molecule has 0 radical (unpaired) electrons. The molecule has 0 spiro atoms. The molecule has 0 aromatic heterocycles. The van der Waals surface area contributed by atoms with E-state index < -0.39 is 0 Å². The van der Waals surface area contributed by atoms with Crippen molar-refractivity contribution in [3.63, 3.8) is 0 Å². The van der Waals surface area contributed by atoms with Crippen molar-refractivity contribution in [2.75, 3.05) is 12.4 Å². The summed E-state index contributed by atoms with van der Waals surface area (Å²) in [5, 5.41) is 0.779. The van der Waals surface area contributed by atoms with Gasteiger partial charge in [0, 0.05) is 10.9 Å². The monoisotopic (exact) mass is 300 g/mol. The molecule has 17 heavy (non-hydrogen) atoms. The molecule has 2 atom stereocenters. The molecule has 0 aliphatic rings. The summed E-state index contributed by atoms with van der Waals surface area (Å²) < 4.78 is 11.4. The maximum absolute atomic E-state index is 6.04. The molecule has 0 saturated heterocycles. The lowest BCUT2D eigenvalue weighted by atomic mass is 10.1. The molecular weight excluding hydrogens is 280 g/mol. The molecule has 96 valence electrons. The molecular formula is C14H21BrO2. The molecule has 2 nitrogen and oxygen atoms in total. The van der Waals surface area contributed by atoms with Gasteiger partial charge in [-0.25, -0.2) is 0 Å². The van der Waals surface area contributed by atoms with Crippen molar-refractivity contribution in [2.24, 2.45) is 0 Å². The average Bonchev–Trinajstić information content (AvgIpc) is 2.36. The van der Waals surface area contributed by atoms with Crippen LogP contribution in [0.5, 0.6) is 5.75 Å². The summed E-state index contributed by atoms with van der Waals surface area (Å²) in [6.07, 6.45) is 2.54. The molecule has 0 N–H and O–H groups in total. The molecule has 2 unspecified atom stereocenters. The zero-order valence-electron chi connectivity index (χ0n) is 10.8. The summed E-state index contributed by atoms with van der Waals surface area (Å²) in [5.41, 5.74) is 1.11. The lowest BCUT2D eigenvalue weighted by Crippen LogP contribution is -2.15. The van der Waals surface area contributed by atoms with E-state index in [1.54, 1.807) is 7.11 Å². The van der Waals surface area contributed by atoms with Crippen LogP contribution in [0.2, 0.25) is 0 Å². The van der Waals surface area contributed by atoms with E-state index >= 15 is 0 Å². The van der Waals surface area contributed by atoms with E-state index in [1.807, 2.05) is 18.2 Å². The first-order chi connectivity index (χ1) is 8.22. The zero-order valence-corrected chi connectivity index (χ0v) is 12.4. The average molecular weight is 301 g/mol. The van der Waals surface area contributed by atoms with Gasteiger partial charge in [0.1, 0.15) is 5.75 Å². The van der Waals surface area contributed by atoms with Crippen LogP contribution in [0.4, 0.5) is 0 Å². The largest absolute Gasteiger partial charge is 0.496 e. The molecule has 0 aliphatic carbocycles. The third kappa shape index (κ3) is 4.32. The van der Waals surface area contributed by atoms with Gasteiger partial charge in [0.2, 0.25) is 0 Å². The van der Waals surface area contributed by atoms with Crippen LogP contribution in [0.1, 0.15) is 38.4 Å². The third-order valence-electron chi connectivity index (χ3n) is 2.72. The molecule has 0 heterocycles. The molecule has 1 aromatic rings. The number of methoxy groups -OCH3 is 1. The number of rotatable bonds is 7. The highest BCUT2D eigenvalue weighted by atomic mass is 79.9. The Labute approximate surface area is 112 Å². The number of hydrogen-bond donors (Lipinski definition) is 0. The van der Waals surface area contributed by atoms with E-state index in [1.165, 1.54) is 0 Å². The van der Waals surface area contributed by atoms with Gasteiger partial charge in [0.05, 0.1) is 19.3 Å². The summed E-state index contributed by atoms with van der Waals surface area (Å²) in [6.45, 7) is 4.29. The van der Waals surface area contributed by atoms with Crippen LogP contribution in [-0.4, -0.2) is 18.5 Å². The van der Waals surface area contributed by atoms with Gasteiger partial charge in [0.25, 0.3) is 0 Å². The van der Waals surface area contributed by atoms with Crippen LogP contribution in [0, 0.1) is 0 Å². The summed E-state index contributed by atoms with van der Waals surface area (Å²) in [4.78, 5) is 0. The van der Waals surface area contributed by atoms with Gasteiger partial charge in [0.15, 0.2) is 0 Å². The second kappa shape index (κ2) is 7.72. The number of benzene rings is 1. The Bertz CT molecular complexity index is 328. The number of para-hydroxylation sites is 1. The van der Waals surface area contributed by atoms with Gasteiger partial charge in [-0.05, 0) is 19.4 Å². The van der Waals surface area contributed by atoms with E-state index in [0.717, 1.165) is 29.5 Å². The quantitative estimate of drug-likeness (QED) is 0.698. The molecule has 1 rings (SSSR count). The summed E-state index contributed by atoms with van der Waals surface area (Å²) >= 11 is 3.51. The Morgan fingerprint density at radius 3 is 2.59 bits per heavy atom. The minimum Gasteiger partial charge on any atom is -0.496 e. The van der Waals surface area contributed by atoms with Crippen LogP contribution >= 0.6 is 15.9 Å². The zero-order chi connectivity index (χ0) is 12.7. The fourth-order valence-electron chi connectivity index (χ4n) is 1.88. The first-order valence-corrected chi connectivity index (χ1v) is 7.19. The van der Waals surface area contributed by atoms with Crippen molar-refractivity contribution >= 4 is 15.9 Å². The van der Waals surface area contributed by atoms with Crippen LogP contribution in [0.3, 0.4) is 0 Å². The van der Waals surface area contributed by atoms with E-state index in [0.29, 0.717) is 0 Å². The highest BCUT2D eigenvalue weighted by Crippen LogP contribution is 2.30. The van der Waals surface area contributed by atoms with Crippen molar-refractivity contribution in [3.05, 3.63) is 29.8 Å². The van der Waals surface area contributed by atoms with Crippen molar-refractivity contribution in [2.45, 2.75) is 38.9 Å². The predicted molar refractivity (Wildman–Crippen MR) is 75.0 cm³/mol. The number of hydrogen-bond acceptors (Lipinski definition) is 2. The van der Waals surface area contributed by atoms with Gasteiger partial charge in [-0.15, -0.1) is 0 Å². The van der Waals surface area contributed by atoms with Crippen LogP contribution < -0.4 is 4.74 Å². The molecule has 1 aromatic carbocycles. The maximum Gasteiger partial charge on any atom is 0.124 e. The van der Waals surface area contributed by atoms with E-state index in [9.17, 15) is 0 Å². The summed E-state index contributed by atoms with van der Waals surface area (Å²) in [5.74, 6) is 0.889. The summed E-state index contributed by atoms with van der Waals surface area (Å²) in [7, 11) is 1.69. The Hall–Kier alpha value is -0.540. The number of alkyl halides is 1. The first kappa shape index (κ1) is 14.5. The Kier molecular flexibility index (Phi) is 6.60. The second-order valence-electron chi connectivity index (χ2n) is 4.12. The molecule has 0 aliphatic heterocycles. The number of halogens is 1. The van der Waals surface area contributed by atoms with Crippen molar-refractivity contribution in [3.8, 4) is 5.75 Å². The van der Waals surface area contributed by atoms with Gasteiger partial charge >= 0.3 is 0 Å². The minimum absolute atomic E-state index is 0.0488. The van der Waals surface area contributed by atoms with Gasteiger partial charge in [-0.3, -0.25) is 0 Å². The third-order valence-corrected chi connectivity index (χ3v) is 3.31. The van der Waals surface area contributed by atoms with Crippen molar-refractivity contribution in [1.82, 2.24) is 0 Å². The Balaban J connectivity index is 2.78. The lowest BCUT2D eigenvalue weighted by molar-refractivity contribution is 0.00482. The van der Waals surface area contributed by atoms with Gasteiger partial charge in [-0.2, -0.15) is 0 Å². The van der Waals surface area contributed by atoms with E-state index in [4.69, 9.17) is 9.47 Å². The second-order valence-corrected chi connectivity index (χ2v) is 4.77. The smallest absolute Gasteiger partial charge is 0.124 e. The molecule has 0 bridgehead atoms. The van der Waals surface area contributed by atoms with Crippen LogP contribution in [0.25, 0.3) is 0 Å². The normalized spacial score (nSPS) is 14.4. The first-order valence-electron chi connectivity index (χ1n) is 6.07. The Morgan fingerprint density at radius 1 is 1.29 bits per heavy atom. The lowest BCUT2D eigenvalue weighted by Gasteiger charge is -2.22. The van der Waals surface area contributed by atoms with Crippen molar-refractivity contribution in [1.29, 1.82) is 0 Å². The molecule has 0 amide bonds. The fraction of sp³-hybridized carbons (Fsp3) is 0.571. The maximum atomic E-state index is 6.04. The highest BCUT2D eigenvalue weighted by Gasteiger charge is 2.17. The number of ether oxygens (including phenoxy) is 2. The predicted octanol–water partition coefficient (Wildman–Crippen LogP) is 4.34. The van der Waals surface area contributed by atoms with E-state index in [-0.39, 0.29) is 12.2 Å². The fourth-order valence-corrected chi connectivity index (χ4v) is 2.38. The standard InChI is InChI=1S/C14H21BrO2/c1-4-7-11(2)17-14(10-15)12-8-5-6-9-13(12)16-3/h5-6,8-9,11,14H,4,7,10H2,1-3H3. The van der Waals surface area contributed by atoms with Crippen LogP contribution in [-0.2, 0) is 4.74 Å². The SMILES string of the molecule is CCCC(C)OC(CBr)c1ccccc1OC. The van der Waals surface area contributed by atoms with E-state index in [2.05, 4.69) is 35.8 Å². The minimum atomic E-state index is 0.0488. The molecule has 3 heteroatoms. The van der Waals surface area contributed by atoms with Gasteiger partial charge in [-0.1, -0.05) is 47.5 Å². The topological polar surface area (TPSA) is 18.5 Å². The van der Waals surface area contributed by atoms with Crippen LogP contribution in [0.15, 0.2) is 24.3 Å². The highest BCUT2D eigenvalue weighted by molar-refractivity contribution is 9.09. The van der Waals surface area contributed by atoms with Gasteiger partial charge < -0.3 is 9.47 Å². The van der Waals surface area contributed by atoms with Crippen molar-refractivity contribution < 1.29 is 9.47 Å². The Morgan fingerprint density at radius 2 is 2.00 bits per heavy atom. The summed E-state index contributed by atoms with van der Waals surface area (Å²) in [6, 6.07) is 8.02. The molecule has 0 saturated carbocycles. The molecule has 0 fully saturated rings.